The van der Waals surface area contributed by atoms with Crippen molar-refractivity contribution in [3.8, 4) is 40.1 Å². The molecule has 0 spiro atoms. The summed E-state index contributed by atoms with van der Waals surface area (Å²) in [6.45, 7) is 0.261. The highest BCUT2D eigenvalue weighted by Crippen LogP contribution is 2.46. The van der Waals surface area contributed by atoms with Crippen LogP contribution in [0.3, 0.4) is 0 Å². The summed E-state index contributed by atoms with van der Waals surface area (Å²) < 4.78 is 22.8. The van der Waals surface area contributed by atoms with E-state index in [2.05, 4.69) is 4.98 Å². The molecule has 200 valence electrons. The van der Waals surface area contributed by atoms with Gasteiger partial charge >= 0.3 is 5.97 Å². The van der Waals surface area contributed by atoms with Crippen molar-refractivity contribution in [3.05, 3.63) is 106 Å². The number of ether oxygens (including phenoxy) is 3. The van der Waals surface area contributed by atoms with Crippen molar-refractivity contribution in [1.82, 2.24) is 4.98 Å². The fraction of sp³-hybridized carbons (Fsp3) is 0.129. The largest absolute Gasteiger partial charge is 0.507 e. The molecule has 2 aromatic heterocycles. The lowest BCUT2D eigenvalue weighted by Gasteiger charge is -2.26. The Hall–Kier alpha value is -5.31. The summed E-state index contributed by atoms with van der Waals surface area (Å²) in [6.07, 6.45) is 1.67. The van der Waals surface area contributed by atoms with E-state index < -0.39 is 17.3 Å². The SMILES string of the molecule is COc1ccc(-c2cc(=O)c3c(O)cc4c(c3o2)[C@@H](c2cccc(OCc3ccccn3)c2)CC(=O)O4)cc1O. The van der Waals surface area contributed by atoms with Crippen molar-refractivity contribution in [1.29, 1.82) is 0 Å². The van der Waals surface area contributed by atoms with Gasteiger partial charge in [0.1, 0.15) is 40.6 Å². The molecule has 0 bridgehead atoms. The molecule has 3 aromatic carbocycles. The van der Waals surface area contributed by atoms with Gasteiger partial charge in [-0.15, -0.1) is 0 Å². The Morgan fingerprint density at radius 3 is 2.62 bits per heavy atom. The Morgan fingerprint density at radius 1 is 0.975 bits per heavy atom. The highest BCUT2D eigenvalue weighted by molar-refractivity contribution is 5.93. The molecular weight excluding hydrogens is 514 g/mol. The van der Waals surface area contributed by atoms with Gasteiger partial charge in [0.25, 0.3) is 0 Å². The van der Waals surface area contributed by atoms with Gasteiger partial charge in [0.05, 0.1) is 19.2 Å². The Morgan fingerprint density at radius 2 is 1.85 bits per heavy atom. The van der Waals surface area contributed by atoms with E-state index in [-0.39, 0.29) is 52.8 Å². The highest BCUT2D eigenvalue weighted by atomic mass is 16.5. The van der Waals surface area contributed by atoms with Gasteiger partial charge < -0.3 is 28.8 Å². The zero-order valence-electron chi connectivity index (χ0n) is 21.3. The summed E-state index contributed by atoms with van der Waals surface area (Å²) in [7, 11) is 1.43. The summed E-state index contributed by atoms with van der Waals surface area (Å²) in [5.41, 5.74) is 1.97. The lowest BCUT2D eigenvalue weighted by Crippen LogP contribution is -2.22. The predicted octanol–water partition coefficient (Wildman–Crippen LogP) is 5.29. The molecule has 1 aliphatic rings. The average Bonchev–Trinajstić information content (AvgIpc) is 2.96. The summed E-state index contributed by atoms with van der Waals surface area (Å²) in [6, 6.07) is 20.0. The first kappa shape index (κ1) is 25.0. The number of carbonyl (C=O) groups excluding carboxylic acids is 1. The number of nitrogens with zero attached hydrogens (tertiary/aromatic N) is 1. The second kappa shape index (κ2) is 10.1. The molecule has 2 N–H and O–H groups in total. The lowest BCUT2D eigenvalue weighted by atomic mass is 9.85. The van der Waals surface area contributed by atoms with E-state index in [1.165, 1.54) is 25.3 Å². The molecule has 0 amide bonds. The van der Waals surface area contributed by atoms with E-state index in [1.54, 1.807) is 24.4 Å². The van der Waals surface area contributed by atoms with Gasteiger partial charge in [-0.2, -0.15) is 0 Å². The number of benzene rings is 3. The molecular formula is C31H23NO8. The summed E-state index contributed by atoms with van der Waals surface area (Å²) >= 11 is 0. The van der Waals surface area contributed by atoms with Crippen LogP contribution in [0.5, 0.6) is 28.7 Å². The fourth-order valence-corrected chi connectivity index (χ4v) is 4.89. The van der Waals surface area contributed by atoms with E-state index in [9.17, 15) is 19.8 Å². The van der Waals surface area contributed by atoms with Gasteiger partial charge in [0.15, 0.2) is 16.9 Å². The molecule has 0 fully saturated rings. The van der Waals surface area contributed by atoms with Crippen LogP contribution in [0, 0.1) is 0 Å². The summed E-state index contributed by atoms with van der Waals surface area (Å²) in [4.78, 5) is 30.1. The van der Waals surface area contributed by atoms with Gasteiger partial charge in [0.2, 0.25) is 0 Å². The first-order chi connectivity index (χ1) is 19.4. The molecule has 0 saturated carbocycles. The number of phenols is 2. The molecule has 3 heterocycles. The molecule has 0 unspecified atom stereocenters. The molecule has 9 heteroatoms. The minimum absolute atomic E-state index is 0.0200. The number of aromatic hydroxyl groups is 2. The Balaban J connectivity index is 1.47. The maximum atomic E-state index is 13.2. The van der Waals surface area contributed by atoms with Crippen LogP contribution in [0.1, 0.15) is 29.2 Å². The molecule has 0 saturated heterocycles. The van der Waals surface area contributed by atoms with Crippen LogP contribution in [0.4, 0.5) is 0 Å². The van der Waals surface area contributed by atoms with E-state index in [1.807, 2.05) is 36.4 Å². The Kier molecular flexibility index (Phi) is 6.31. The van der Waals surface area contributed by atoms with Gasteiger partial charge in [-0.05, 0) is 48.0 Å². The van der Waals surface area contributed by atoms with Crippen LogP contribution in [0.2, 0.25) is 0 Å². The van der Waals surface area contributed by atoms with Crippen molar-refractivity contribution in [3.63, 3.8) is 0 Å². The minimum Gasteiger partial charge on any atom is -0.507 e. The van der Waals surface area contributed by atoms with Gasteiger partial charge in [-0.1, -0.05) is 18.2 Å². The van der Waals surface area contributed by atoms with E-state index in [4.69, 9.17) is 18.6 Å². The summed E-state index contributed by atoms with van der Waals surface area (Å²) in [5.74, 6) is -0.450. The first-order valence-corrected chi connectivity index (χ1v) is 12.5. The van der Waals surface area contributed by atoms with Crippen LogP contribution in [0.25, 0.3) is 22.3 Å². The van der Waals surface area contributed by atoms with Crippen LogP contribution >= 0.6 is 0 Å². The number of carbonyl (C=O) groups is 1. The number of hydrogen-bond acceptors (Lipinski definition) is 9. The molecule has 1 atom stereocenters. The molecule has 6 rings (SSSR count). The molecule has 0 radical (unpaired) electrons. The number of fused-ring (bicyclic) bond motifs is 3. The third-order valence-corrected chi connectivity index (χ3v) is 6.76. The second-order valence-corrected chi connectivity index (χ2v) is 9.29. The number of phenolic OH excluding ortho intramolecular Hbond substituents is 2. The van der Waals surface area contributed by atoms with Gasteiger partial charge in [0, 0.05) is 35.4 Å². The zero-order chi connectivity index (χ0) is 27.8. The average molecular weight is 538 g/mol. The highest BCUT2D eigenvalue weighted by Gasteiger charge is 2.34. The predicted molar refractivity (Wildman–Crippen MR) is 145 cm³/mol. The number of methoxy groups -OCH3 is 1. The van der Waals surface area contributed by atoms with Crippen LogP contribution < -0.4 is 19.6 Å². The molecule has 1 aliphatic heterocycles. The maximum absolute atomic E-state index is 13.2. The summed E-state index contributed by atoms with van der Waals surface area (Å²) in [5, 5.41) is 21.0. The van der Waals surface area contributed by atoms with Crippen molar-refractivity contribution < 1.29 is 33.6 Å². The monoisotopic (exact) mass is 537 g/mol. The number of esters is 1. The molecule has 0 aliphatic carbocycles. The normalized spacial score (nSPS) is 14.4. The van der Waals surface area contributed by atoms with Gasteiger partial charge in [-0.25, -0.2) is 0 Å². The van der Waals surface area contributed by atoms with E-state index in [0.717, 1.165) is 11.3 Å². The smallest absolute Gasteiger partial charge is 0.312 e. The third-order valence-electron chi connectivity index (χ3n) is 6.76. The van der Waals surface area contributed by atoms with Crippen molar-refractivity contribution in [2.45, 2.75) is 18.9 Å². The number of hydrogen-bond donors (Lipinski definition) is 2. The third kappa shape index (κ3) is 4.58. The van der Waals surface area contributed by atoms with E-state index >= 15 is 0 Å². The Labute approximate surface area is 227 Å². The van der Waals surface area contributed by atoms with E-state index in [0.29, 0.717) is 16.9 Å². The minimum atomic E-state index is -0.555. The second-order valence-electron chi connectivity index (χ2n) is 9.29. The zero-order valence-corrected chi connectivity index (χ0v) is 21.3. The van der Waals surface area contributed by atoms with Crippen LogP contribution in [0.15, 0.2) is 88.2 Å². The van der Waals surface area contributed by atoms with Crippen LogP contribution in [-0.2, 0) is 11.4 Å². The lowest BCUT2D eigenvalue weighted by molar-refractivity contribution is -0.135. The van der Waals surface area contributed by atoms with Crippen molar-refractivity contribution in [2.75, 3.05) is 7.11 Å². The van der Waals surface area contributed by atoms with Gasteiger partial charge in [-0.3, -0.25) is 14.6 Å². The molecule has 9 nitrogen and oxygen atoms in total. The molecule has 5 aromatic rings. The fourth-order valence-electron chi connectivity index (χ4n) is 4.89. The first-order valence-electron chi connectivity index (χ1n) is 12.5. The van der Waals surface area contributed by atoms with Crippen LogP contribution in [-0.4, -0.2) is 28.3 Å². The maximum Gasteiger partial charge on any atom is 0.312 e. The number of rotatable bonds is 6. The van der Waals surface area contributed by atoms with Crippen molar-refractivity contribution in [2.24, 2.45) is 0 Å². The number of pyridine rings is 1. The molecule has 40 heavy (non-hydrogen) atoms. The quantitative estimate of drug-likeness (QED) is 0.219. The standard InChI is InChI=1S/C31H23NO8/c1-37-25-9-8-18(12-22(25)33)26-14-23(34)30-24(35)15-27-29(31(30)40-26)21(13-28(36)39-27)17-5-4-7-20(11-17)38-16-19-6-2-3-10-32-19/h2-12,14-15,21,33,35H,13,16H2,1H3/t21-/m1/s1. The van der Waals surface area contributed by atoms with Crippen molar-refractivity contribution >= 4 is 16.9 Å². The number of aromatic nitrogens is 1. The Bertz CT molecular complexity index is 1810. The topological polar surface area (TPSA) is 128 Å².